The molecule has 1 fully saturated rings. The van der Waals surface area contributed by atoms with Crippen LogP contribution in [0.15, 0.2) is 16.5 Å². The molecule has 0 radical (unpaired) electrons. The summed E-state index contributed by atoms with van der Waals surface area (Å²) in [4.78, 5) is 17.7. The summed E-state index contributed by atoms with van der Waals surface area (Å²) >= 11 is 0. The molecule has 9 heteroatoms. The van der Waals surface area contributed by atoms with Crippen molar-refractivity contribution in [1.29, 1.82) is 0 Å². The molecule has 2 aromatic rings. The molecule has 24 heavy (non-hydrogen) atoms. The number of furan rings is 1. The van der Waals surface area contributed by atoms with Crippen molar-refractivity contribution in [1.82, 2.24) is 19.7 Å². The molecule has 6 nitrogen and oxygen atoms in total. The molecule has 1 aliphatic rings. The van der Waals surface area contributed by atoms with Gasteiger partial charge in [-0.15, -0.1) is 5.10 Å². The molecule has 1 unspecified atom stereocenters. The second-order valence-electron chi connectivity index (χ2n) is 5.84. The Bertz CT molecular complexity index is 750. The van der Waals surface area contributed by atoms with Gasteiger partial charge in [0.1, 0.15) is 12.3 Å². The predicted octanol–water partition coefficient (Wildman–Crippen LogP) is 3.09. The molecular formula is C15H17F3N4O2. The van der Waals surface area contributed by atoms with Crippen molar-refractivity contribution < 1.29 is 22.4 Å². The van der Waals surface area contributed by atoms with E-state index in [1.165, 1.54) is 4.90 Å². The maximum absolute atomic E-state index is 12.9. The van der Waals surface area contributed by atoms with E-state index in [2.05, 4.69) is 10.1 Å². The number of alkyl halides is 3. The molecule has 2 aromatic heterocycles. The Balaban J connectivity index is 1.98. The van der Waals surface area contributed by atoms with Gasteiger partial charge in [-0.2, -0.15) is 13.2 Å². The van der Waals surface area contributed by atoms with Gasteiger partial charge in [0.05, 0.1) is 6.04 Å². The van der Waals surface area contributed by atoms with Crippen LogP contribution in [0.1, 0.15) is 37.4 Å². The van der Waals surface area contributed by atoms with Crippen LogP contribution >= 0.6 is 0 Å². The Morgan fingerprint density at radius 1 is 1.38 bits per heavy atom. The van der Waals surface area contributed by atoms with Gasteiger partial charge in [-0.3, -0.25) is 4.79 Å². The SMILES string of the molecule is Cc1ccc(-c2nc(C(C)N3CCCC3=O)n(CC(F)(F)F)n2)o1. The molecule has 0 aromatic carbocycles. The highest BCUT2D eigenvalue weighted by Crippen LogP contribution is 2.29. The maximum Gasteiger partial charge on any atom is 0.408 e. The van der Waals surface area contributed by atoms with E-state index >= 15 is 0 Å². The van der Waals surface area contributed by atoms with E-state index in [9.17, 15) is 18.0 Å². The molecule has 0 N–H and O–H groups in total. The summed E-state index contributed by atoms with van der Waals surface area (Å²) in [6.07, 6.45) is -3.34. The fraction of sp³-hybridized carbons (Fsp3) is 0.533. The van der Waals surface area contributed by atoms with Gasteiger partial charge in [-0.25, -0.2) is 9.67 Å². The number of aromatic nitrogens is 3. The average molecular weight is 342 g/mol. The van der Waals surface area contributed by atoms with E-state index in [0.29, 0.717) is 30.9 Å². The zero-order valence-corrected chi connectivity index (χ0v) is 13.3. The molecule has 0 saturated carbocycles. The van der Waals surface area contributed by atoms with Crippen molar-refractivity contribution in [2.24, 2.45) is 0 Å². The van der Waals surface area contributed by atoms with Crippen LogP contribution in [0.4, 0.5) is 13.2 Å². The van der Waals surface area contributed by atoms with E-state index < -0.39 is 18.8 Å². The third-order valence-electron chi connectivity index (χ3n) is 3.94. The first kappa shape index (κ1) is 16.5. The van der Waals surface area contributed by atoms with E-state index in [1.54, 1.807) is 26.0 Å². The van der Waals surface area contributed by atoms with Crippen molar-refractivity contribution in [2.75, 3.05) is 6.54 Å². The lowest BCUT2D eigenvalue weighted by Gasteiger charge is -2.24. The number of likely N-dealkylation sites (tertiary alicyclic amines) is 1. The van der Waals surface area contributed by atoms with E-state index in [1.807, 2.05) is 0 Å². The number of carbonyl (C=O) groups excluding carboxylic acids is 1. The minimum atomic E-state index is -4.44. The second kappa shape index (κ2) is 5.95. The highest BCUT2D eigenvalue weighted by molar-refractivity contribution is 5.78. The summed E-state index contributed by atoms with van der Waals surface area (Å²) in [5.41, 5.74) is 0. The number of hydrogen-bond acceptors (Lipinski definition) is 4. The lowest BCUT2D eigenvalue weighted by atomic mass is 10.2. The summed E-state index contributed by atoms with van der Waals surface area (Å²) in [7, 11) is 0. The first-order valence-corrected chi connectivity index (χ1v) is 7.62. The summed E-state index contributed by atoms with van der Waals surface area (Å²) in [5, 5.41) is 3.95. The van der Waals surface area contributed by atoms with E-state index in [-0.39, 0.29) is 17.6 Å². The van der Waals surface area contributed by atoms with Gasteiger partial charge in [0, 0.05) is 13.0 Å². The van der Waals surface area contributed by atoms with Crippen LogP contribution < -0.4 is 0 Å². The lowest BCUT2D eigenvalue weighted by Crippen LogP contribution is -2.31. The van der Waals surface area contributed by atoms with Crippen molar-refractivity contribution in [3.05, 3.63) is 23.7 Å². The van der Waals surface area contributed by atoms with Crippen molar-refractivity contribution in [2.45, 2.75) is 45.5 Å². The van der Waals surface area contributed by atoms with E-state index in [0.717, 1.165) is 4.68 Å². The van der Waals surface area contributed by atoms with Crippen LogP contribution in [0.25, 0.3) is 11.6 Å². The average Bonchev–Trinajstić information content (AvgIpc) is 3.16. The molecule has 130 valence electrons. The van der Waals surface area contributed by atoms with Crippen LogP contribution in [0, 0.1) is 6.92 Å². The maximum atomic E-state index is 12.9. The summed E-state index contributed by atoms with van der Waals surface area (Å²) < 4.78 is 44.8. The Kier molecular flexibility index (Phi) is 4.10. The number of aryl methyl sites for hydroxylation is 1. The molecular weight excluding hydrogens is 325 g/mol. The van der Waals surface area contributed by atoms with Crippen LogP contribution in [-0.2, 0) is 11.3 Å². The van der Waals surface area contributed by atoms with Gasteiger partial charge in [0.2, 0.25) is 11.7 Å². The lowest BCUT2D eigenvalue weighted by molar-refractivity contribution is -0.143. The number of nitrogens with zero attached hydrogens (tertiary/aromatic N) is 4. The molecule has 0 bridgehead atoms. The normalized spacial score (nSPS) is 16.9. The van der Waals surface area contributed by atoms with Crippen LogP contribution in [0.5, 0.6) is 0 Å². The molecule has 1 aliphatic heterocycles. The minimum absolute atomic E-state index is 0.0838. The fourth-order valence-corrected chi connectivity index (χ4v) is 2.83. The summed E-state index contributed by atoms with van der Waals surface area (Å²) in [6, 6.07) is 2.71. The monoisotopic (exact) mass is 342 g/mol. The topological polar surface area (TPSA) is 64.2 Å². The first-order chi connectivity index (χ1) is 11.2. The standard InChI is InChI=1S/C15H17F3N4O2/c1-9-5-6-11(24-9)13-19-14(22(20-13)8-15(16,17)18)10(2)21-7-3-4-12(21)23/h5-6,10H,3-4,7-8H2,1-2H3. The van der Waals surface area contributed by atoms with Gasteiger partial charge in [-0.1, -0.05) is 0 Å². The minimum Gasteiger partial charge on any atom is -0.458 e. The quantitative estimate of drug-likeness (QED) is 0.856. The van der Waals surface area contributed by atoms with Gasteiger partial charge < -0.3 is 9.32 Å². The van der Waals surface area contributed by atoms with Gasteiger partial charge in [-0.05, 0) is 32.4 Å². The number of halogens is 3. The molecule has 1 atom stereocenters. The van der Waals surface area contributed by atoms with E-state index in [4.69, 9.17) is 4.42 Å². The molecule has 3 rings (SSSR count). The molecule has 0 spiro atoms. The van der Waals surface area contributed by atoms with Crippen molar-refractivity contribution in [3.8, 4) is 11.6 Å². The molecule has 1 saturated heterocycles. The summed E-state index contributed by atoms with van der Waals surface area (Å²) in [5.74, 6) is 1.02. The first-order valence-electron chi connectivity index (χ1n) is 7.62. The molecule has 3 heterocycles. The number of amides is 1. The number of hydrogen-bond donors (Lipinski definition) is 0. The Labute approximate surface area is 136 Å². The third kappa shape index (κ3) is 3.29. The predicted molar refractivity (Wildman–Crippen MR) is 77.9 cm³/mol. The Morgan fingerprint density at radius 2 is 2.12 bits per heavy atom. The third-order valence-corrected chi connectivity index (χ3v) is 3.94. The zero-order valence-electron chi connectivity index (χ0n) is 13.3. The Hall–Kier alpha value is -2.32. The van der Waals surface area contributed by atoms with Crippen molar-refractivity contribution >= 4 is 5.91 Å². The largest absolute Gasteiger partial charge is 0.458 e. The Morgan fingerprint density at radius 3 is 2.67 bits per heavy atom. The highest BCUT2D eigenvalue weighted by atomic mass is 19.4. The number of carbonyl (C=O) groups is 1. The van der Waals surface area contributed by atoms with Gasteiger partial charge in [0.15, 0.2) is 11.6 Å². The van der Waals surface area contributed by atoms with Crippen LogP contribution in [0.3, 0.4) is 0 Å². The van der Waals surface area contributed by atoms with Gasteiger partial charge in [0.25, 0.3) is 0 Å². The fourth-order valence-electron chi connectivity index (χ4n) is 2.83. The second-order valence-corrected chi connectivity index (χ2v) is 5.84. The molecule has 0 aliphatic carbocycles. The van der Waals surface area contributed by atoms with Gasteiger partial charge >= 0.3 is 6.18 Å². The molecule has 1 amide bonds. The van der Waals surface area contributed by atoms with Crippen molar-refractivity contribution in [3.63, 3.8) is 0 Å². The highest BCUT2D eigenvalue weighted by Gasteiger charge is 2.35. The number of rotatable bonds is 4. The van der Waals surface area contributed by atoms with Crippen LogP contribution in [-0.4, -0.2) is 38.3 Å². The smallest absolute Gasteiger partial charge is 0.408 e. The van der Waals surface area contributed by atoms with Crippen LogP contribution in [0.2, 0.25) is 0 Å². The summed E-state index contributed by atoms with van der Waals surface area (Å²) in [6.45, 7) is 2.63. The zero-order chi connectivity index (χ0) is 17.5.